The second-order valence-corrected chi connectivity index (χ2v) is 7.21. The Labute approximate surface area is 145 Å². The van der Waals surface area contributed by atoms with Crippen LogP contribution in [0.25, 0.3) is 0 Å². The normalized spacial score (nSPS) is 26.7. The smallest absolute Gasteiger partial charge is 0.118 e. The number of hydrogen-bond donors (Lipinski definition) is 0. The zero-order valence-corrected chi connectivity index (χ0v) is 15.2. The number of morpholine rings is 1. The molecule has 0 amide bonds. The van der Waals surface area contributed by atoms with Crippen molar-refractivity contribution in [3.63, 3.8) is 0 Å². The van der Waals surface area contributed by atoms with Gasteiger partial charge in [0.05, 0.1) is 26.9 Å². The first-order valence-electron chi connectivity index (χ1n) is 8.91. The van der Waals surface area contributed by atoms with Gasteiger partial charge in [-0.1, -0.05) is 12.1 Å². The Morgan fingerprint density at radius 2 is 1.92 bits per heavy atom. The van der Waals surface area contributed by atoms with Gasteiger partial charge in [0.2, 0.25) is 0 Å². The molecule has 0 saturated carbocycles. The molecule has 0 aliphatic carbocycles. The monoisotopic (exact) mass is 334 g/mol. The summed E-state index contributed by atoms with van der Waals surface area (Å²) in [6, 6.07) is 8.86. The molecule has 0 N–H and O–H groups in total. The maximum absolute atomic E-state index is 6.24. The maximum atomic E-state index is 6.24. The van der Waals surface area contributed by atoms with E-state index in [1.807, 2.05) is 12.1 Å². The largest absolute Gasteiger partial charge is 0.497 e. The Morgan fingerprint density at radius 3 is 2.62 bits per heavy atom. The first-order chi connectivity index (χ1) is 11.6. The van der Waals surface area contributed by atoms with E-state index in [4.69, 9.17) is 14.2 Å². The minimum absolute atomic E-state index is 0.203. The van der Waals surface area contributed by atoms with Gasteiger partial charge in [-0.05, 0) is 31.5 Å². The van der Waals surface area contributed by atoms with Crippen LogP contribution >= 0.6 is 0 Å². The van der Waals surface area contributed by atoms with Gasteiger partial charge in [-0.3, -0.25) is 9.80 Å². The molecule has 2 fully saturated rings. The molecule has 0 unspecified atom stereocenters. The third-order valence-electron chi connectivity index (χ3n) is 5.00. The van der Waals surface area contributed by atoms with Crippen LogP contribution in [0, 0.1) is 0 Å². The van der Waals surface area contributed by atoms with E-state index in [1.54, 1.807) is 7.11 Å². The summed E-state index contributed by atoms with van der Waals surface area (Å²) in [7, 11) is 1.70. The van der Waals surface area contributed by atoms with Gasteiger partial charge in [-0.25, -0.2) is 0 Å². The molecule has 1 aromatic rings. The molecular formula is C19H30N2O3. The van der Waals surface area contributed by atoms with Crippen LogP contribution < -0.4 is 4.74 Å². The molecule has 2 aliphatic rings. The summed E-state index contributed by atoms with van der Waals surface area (Å²) in [5.74, 6) is 0.905. The van der Waals surface area contributed by atoms with Crippen molar-refractivity contribution in [2.45, 2.75) is 32.0 Å². The minimum Gasteiger partial charge on any atom is -0.497 e. The summed E-state index contributed by atoms with van der Waals surface area (Å²) >= 11 is 0. The topological polar surface area (TPSA) is 34.2 Å². The third kappa shape index (κ3) is 4.28. The van der Waals surface area contributed by atoms with Gasteiger partial charge in [-0.15, -0.1) is 0 Å². The fraction of sp³-hybridized carbons (Fsp3) is 0.684. The highest BCUT2D eigenvalue weighted by Gasteiger charge is 2.40. The molecule has 1 aromatic carbocycles. The molecule has 2 heterocycles. The SMILES string of the molecule is COc1ccc(CN2CCO[C@]3(COCCN(C(C)C)C3)C2)cc1. The van der Waals surface area contributed by atoms with Crippen molar-refractivity contribution < 1.29 is 14.2 Å². The van der Waals surface area contributed by atoms with Crippen molar-refractivity contribution in [3.05, 3.63) is 29.8 Å². The number of rotatable bonds is 4. The van der Waals surface area contributed by atoms with Gasteiger partial charge < -0.3 is 14.2 Å². The summed E-state index contributed by atoms with van der Waals surface area (Å²) in [5.41, 5.74) is 1.11. The Hall–Kier alpha value is -1.14. The molecule has 5 nitrogen and oxygen atoms in total. The van der Waals surface area contributed by atoms with Crippen molar-refractivity contribution in [2.24, 2.45) is 0 Å². The highest BCUT2D eigenvalue weighted by molar-refractivity contribution is 5.27. The van der Waals surface area contributed by atoms with Crippen molar-refractivity contribution in [2.75, 3.05) is 53.1 Å². The summed E-state index contributed by atoms with van der Waals surface area (Å²) in [6.45, 7) is 11.5. The average molecular weight is 334 g/mol. The molecule has 5 heteroatoms. The van der Waals surface area contributed by atoms with Crippen molar-refractivity contribution in [1.29, 1.82) is 0 Å². The molecule has 24 heavy (non-hydrogen) atoms. The van der Waals surface area contributed by atoms with E-state index in [9.17, 15) is 0 Å². The second kappa shape index (κ2) is 7.83. The van der Waals surface area contributed by atoms with Crippen molar-refractivity contribution in [1.82, 2.24) is 9.80 Å². The van der Waals surface area contributed by atoms with Crippen molar-refractivity contribution >= 4 is 0 Å². The van der Waals surface area contributed by atoms with E-state index < -0.39 is 0 Å². The van der Waals surface area contributed by atoms with Crippen LogP contribution in [-0.2, 0) is 16.0 Å². The molecular weight excluding hydrogens is 304 g/mol. The Bertz CT molecular complexity index is 520. The Kier molecular flexibility index (Phi) is 5.76. The van der Waals surface area contributed by atoms with Gasteiger partial charge in [0, 0.05) is 38.8 Å². The van der Waals surface area contributed by atoms with Gasteiger partial charge >= 0.3 is 0 Å². The lowest BCUT2D eigenvalue weighted by Gasteiger charge is -2.44. The van der Waals surface area contributed by atoms with E-state index in [-0.39, 0.29) is 5.60 Å². The lowest BCUT2D eigenvalue weighted by molar-refractivity contribution is -0.144. The molecule has 2 saturated heterocycles. The number of ether oxygens (including phenoxy) is 3. The fourth-order valence-corrected chi connectivity index (χ4v) is 3.61. The summed E-state index contributed by atoms with van der Waals surface area (Å²) < 4.78 is 17.4. The molecule has 134 valence electrons. The van der Waals surface area contributed by atoms with Crippen LogP contribution in [0.2, 0.25) is 0 Å². The van der Waals surface area contributed by atoms with Gasteiger partial charge in [0.1, 0.15) is 11.4 Å². The number of nitrogens with zero attached hydrogens (tertiary/aromatic N) is 2. The predicted molar refractivity (Wildman–Crippen MR) is 94.5 cm³/mol. The molecule has 2 aliphatic heterocycles. The van der Waals surface area contributed by atoms with Gasteiger partial charge in [-0.2, -0.15) is 0 Å². The molecule has 3 rings (SSSR count). The zero-order valence-electron chi connectivity index (χ0n) is 15.2. The van der Waals surface area contributed by atoms with E-state index in [0.717, 1.165) is 51.7 Å². The molecule has 0 radical (unpaired) electrons. The summed E-state index contributed by atoms with van der Waals surface area (Å²) in [4.78, 5) is 4.96. The first-order valence-corrected chi connectivity index (χ1v) is 8.91. The highest BCUT2D eigenvalue weighted by Crippen LogP contribution is 2.25. The van der Waals surface area contributed by atoms with E-state index in [2.05, 4.69) is 35.8 Å². The standard InChI is InChI=1S/C19H30N2O3/c1-16(2)21-9-10-23-15-19(14-21)13-20(8-11-24-19)12-17-4-6-18(22-3)7-5-17/h4-7,16H,8-15H2,1-3H3/t19-/m1/s1. The summed E-state index contributed by atoms with van der Waals surface area (Å²) in [6.07, 6.45) is 0. The molecule has 1 spiro atoms. The fourth-order valence-electron chi connectivity index (χ4n) is 3.61. The average Bonchev–Trinajstić information content (AvgIpc) is 2.78. The van der Waals surface area contributed by atoms with Crippen LogP contribution in [0.1, 0.15) is 19.4 Å². The van der Waals surface area contributed by atoms with Gasteiger partial charge in [0.25, 0.3) is 0 Å². The zero-order chi connectivity index (χ0) is 17.0. The van der Waals surface area contributed by atoms with Gasteiger partial charge in [0.15, 0.2) is 0 Å². The minimum atomic E-state index is -0.203. The molecule has 1 atom stereocenters. The van der Waals surface area contributed by atoms with E-state index in [1.165, 1.54) is 5.56 Å². The maximum Gasteiger partial charge on any atom is 0.118 e. The van der Waals surface area contributed by atoms with Crippen LogP contribution in [0.15, 0.2) is 24.3 Å². The lowest BCUT2D eigenvalue weighted by atomic mass is 10.0. The molecule has 0 aromatic heterocycles. The van der Waals surface area contributed by atoms with E-state index >= 15 is 0 Å². The van der Waals surface area contributed by atoms with Crippen LogP contribution in [0.4, 0.5) is 0 Å². The predicted octanol–water partition coefficient (Wildman–Crippen LogP) is 2.01. The first kappa shape index (κ1) is 17.7. The van der Waals surface area contributed by atoms with Crippen LogP contribution in [-0.4, -0.2) is 74.6 Å². The summed E-state index contributed by atoms with van der Waals surface area (Å²) in [5, 5.41) is 0. The number of methoxy groups -OCH3 is 1. The quantitative estimate of drug-likeness (QED) is 0.841. The molecule has 0 bridgehead atoms. The van der Waals surface area contributed by atoms with Crippen LogP contribution in [0.3, 0.4) is 0 Å². The van der Waals surface area contributed by atoms with E-state index in [0.29, 0.717) is 12.6 Å². The third-order valence-corrected chi connectivity index (χ3v) is 5.00. The second-order valence-electron chi connectivity index (χ2n) is 7.21. The van der Waals surface area contributed by atoms with Crippen molar-refractivity contribution in [3.8, 4) is 5.75 Å². The highest BCUT2D eigenvalue weighted by atomic mass is 16.5. The van der Waals surface area contributed by atoms with Crippen LogP contribution in [0.5, 0.6) is 5.75 Å². The number of hydrogen-bond acceptors (Lipinski definition) is 5. The Morgan fingerprint density at radius 1 is 1.12 bits per heavy atom. The lowest BCUT2D eigenvalue weighted by Crippen LogP contribution is -2.59. The number of benzene rings is 1. The Balaban J connectivity index is 1.66.